The van der Waals surface area contributed by atoms with E-state index in [2.05, 4.69) is 51.1 Å². The van der Waals surface area contributed by atoms with Gasteiger partial charge >= 0.3 is 0 Å². The van der Waals surface area contributed by atoms with Gasteiger partial charge in [-0.15, -0.1) is 0 Å². The van der Waals surface area contributed by atoms with Crippen LogP contribution in [0.5, 0.6) is 0 Å². The maximum atomic E-state index is 5.98. The molecule has 0 aliphatic carbocycles. The maximum Gasteiger partial charge on any atom is 0.107 e. The van der Waals surface area contributed by atoms with Crippen LogP contribution in [0.15, 0.2) is 17.5 Å². The first-order valence-electron chi connectivity index (χ1n) is 6.12. The lowest BCUT2D eigenvalue weighted by atomic mass is 9.83. The molecule has 0 unspecified atom stereocenters. The maximum absolute atomic E-state index is 5.98. The first-order valence-corrected chi connectivity index (χ1v) is 6.96. The summed E-state index contributed by atoms with van der Waals surface area (Å²) in [7, 11) is 0. The molecule has 0 aliphatic rings. The molecule has 2 aromatic rings. The van der Waals surface area contributed by atoms with Gasteiger partial charge in [-0.2, -0.15) is 4.37 Å². The molecular weight excluding hydrogens is 240 g/mol. The molecule has 0 spiro atoms. The molecule has 1 aromatic carbocycles. The number of hydrogen-bond acceptors (Lipinski definition) is 3. The molecule has 0 aliphatic heterocycles. The van der Waals surface area contributed by atoms with E-state index in [0.29, 0.717) is 0 Å². The second-order valence-corrected chi connectivity index (χ2v) is 6.48. The molecule has 2 nitrogen and oxygen atoms in total. The summed E-state index contributed by atoms with van der Waals surface area (Å²) in [5.41, 5.74) is 12.9. The molecule has 0 amide bonds. The third-order valence-corrected chi connectivity index (χ3v) is 3.88. The van der Waals surface area contributed by atoms with E-state index in [1.807, 2.05) is 5.38 Å². The Bertz CT molecular complexity index is 553. The molecule has 2 N–H and O–H groups in total. The van der Waals surface area contributed by atoms with Gasteiger partial charge in [-0.3, -0.25) is 0 Å². The molecule has 0 radical (unpaired) electrons. The van der Waals surface area contributed by atoms with Crippen molar-refractivity contribution in [3.8, 4) is 11.3 Å². The number of anilines is 1. The zero-order chi connectivity index (χ0) is 13.5. The molecular formula is C15H20N2S. The predicted molar refractivity (Wildman–Crippen MR) is 80.1 cm³/mol. The third kappa shape index (κ3) is 2.27. The molecule has 0 atom stereocenters. The van der Waals surface area contributed by atoms with Crippen molar-refractivity contribution in [1.82, 2.24) is 4.37 Å². The molecule has 1 aromatic heterocycles. The van der Waals surface area contributed by atoms with Gasteiger partial charge in [0.15, 0.2) is 0 Å². The van der Waals surface area contributed by atoms with Crippen LogP contribution < -0.4 is 5.73 Å². The zero-order valence-corrected chi connectivity index (χ0v) is 12.5. The Hall–Kier alpha value is -1.35. The highest BCUT2D eigenvalue weighted by atomic mass is 32.1. The van der Waals surface area contributed by atoms with E-state index < -0.39 is 0 Å². The first-order chi connectivity index (χ1) is 8.30. The number of aromatic nitrogens is 1. The second kappa shape index (κ2) is 4.39. The van der Waals surface area contributed by atoms with Crippen molar-refractivity contribution in [2.75, 3.05) is 5.73 Å². The molecule has 18 heavy (non-hydrogen) atoms. The van der Waals surface area contributed by atoms with Gasteiger partial charge in [-0.1, -0.05) is 32.9 Å². The van der Waals surface area contributed by atoms with Crippen molar-refractivity contribution in [1.29, 1.82) is 0 Å². The van der Waals surface area contributed by atoms with Gasteiger partial charge in [0.2, 0.25) is 0 Å². The average molecular weight is 260 g/mol. The molecule has 1 heterocycles. The molecule has 0 saturated carbocycles. The van der Waals surface area contributed by atoms with E-state index in [1.54, 1.807) is 0 Å². The van der Waals surface area contributed by atoms with Crippen molar-refractivity contribution in [3.63, 3.8) is 0 Å². The zero-order valence-electron chi connectivity index (χ0n) is 11.7. The minimum atomic E-state index is 0.168. The number of aryl methyl sites for hydroxylation is 2. The highest BCUT2D eigenvalue weighted by Crippen LogP contribution is 2.35. The van der Waals surface area contributed by atoms with E-state index in [4.69, 9.17) is 5.73 Å². The average Bonchev–Trinajstić information content (AvgIpc) is 2.62. The van der Waals surface area contributed by atoms with Crippen LogP contribution in [0, 0.1) is 13.8 Å². The lowest BCUT2D eigenvalue weighted by Crippen LogP contribution is -2.12. The van der Waals surface area contributed by atoms with Gasteiger partial charge in [0, 0.05) is 10.9 Å². The fourth-order valence-electron chi connectivity index (χ4n) is 2.20. The quantitative estimate of drug-likeness (QED) is 0.830. The third-order valence-electron chi connectivity index (χ3n) is 3.23. The van der Waals surface area contributed by atoms with Gasteiger partial charge in [0.05, 0.1) is 5.69 Å². The van der Waals surface area contributed by atoms with Crippen LogP contribution in [0.1, 0.15) is 37.5 Å². The van der Waals surface area contributed by atoms with E-state index in [-0.39, 0.29) is 5.41 Å². The Kier molecular flexibility index (Phi) is 3.20. The highest BCUT2D eigenvalue weighted by Gasteiger charge is 2.18. The predicted octanol–water partition coefficient (Wildman–Crippen LogP) is 4.31. The van der Waals surface area contributed by atoms with Crippen LogP contribution >= 0.6 is 11.5 Å². The number of hydrogen-bond donors (Lipinski definition) is 1. The highest BCUT2D eigenvalue weighted by molar-refractivity contribution is 7.04. The molecule has 3 heteroatoms. The van der Waals surface area contributed by atoms with Gasteiger partial charge < -0.3 is 5.73 Å². The van der Waals surface area contributed by atoms with Gasteiger partial charge in [-0.25, -0.2) is 0 Å². The van der Waals surface area contributed by atoms with E-state index >= 15 is 0 Å². The standard InChI is InChI=1S/C15H20N2S/c1-9-6-11(15(3,4)5)7-10(2)13(9)14-12(16)8-18-17-14/h6-8H,16H2,1-5H3. The van der Waals surface area contributed by atoms with Crippen molar-refractivity contribution in [2.45, 2.75) is 40.0 Å². The van der Waals surface area contributed by atoms with Gasteiger partial charge in [0.25, 0.3) is 0 Å². The fraction of sp³-hybridized carbons (Fsp3) is 0.400. The summed E-state index contributed by atoms with van der Waals surface area (Å²) in [6, 6.07) is 4.50. The number of rotatable bonds is 1. The number of nitrogen functional groups attached to an aromatic ring is 1. The largest absolute Gasteiger partial charge is 0.396 e. The van der Waals surface area contributed by atoms with E-state index in [0.717, 1.165) is 11.4 Å². The first kappa shape index (κ1) is 13.1. The van der Waals surface area contributed by atoms with Crippen LogP contribution in [0.25, 0.3) is 11.3 Å². The number of nitrogens with two attached hydrogens (primary N) is 1. The second-order valence-electron chi connectivity index (χ2n) is 5.85. The Balaban J connectivity index is 2.62. The molecule has 0 fully saturated rings. The summed E-state index contributed by atoms with van der Waals surface area (Å²) in [5.74, 6) is 0. The fourth-order valence-corrected chi connectivity index (χ4v) is 2.78. The lowest BCUT2D eigenvalue weighted by Gasteiger charge is -2.22. The summed E-state index contributed by atoms with van der Waals surface area (Å²) in [6.45, 7) is 11.0. The van der Waals surface area contributed by atoms with E-state index in [9.17, 15) is 0 Å². The van der Waals surface area contributed by atoms with Crippen LogP contribution in [-0.4, -0.2) is 4.37 Å². The lowest BCUT2D eigenvalue weighted by molar-refractivity contribution is 0.589. The summed E-state index contributed by atoms with van der Waals surface area (Å²) < 4.78 is 4.42. The molecule has 0 bridgehead atoms. The molecule has 2 rings (SSSR count). The SMILES string of the molecule is Cc1cc(C(C)(C)C)cc(C)c1-c1nscc1N. The molecule has 96 valence electrons. The van der Waals surface area contributed by atoms with Gasteiger partial charge in [0.1, 0.15) is 5.69 Å². The number of benzene rings is 1. The summed E-state index contributed by atoms with van der Waals surface area (Å²) in [4.78, 5) is 0. The van der Waals surface area contributed by atoms with Crippen molar-refractivity contribution in [2.24, 2.45) is 0 Å². The van der Waals surface area contributed by atoms with Crippen molar-refractivity contribution >= 4 is 17.2 Å². The normalized spacial score (nSPS) is 11.8. The minimum absolute atomic E-state index is 0.168. The van der Waals surface area contributed by atoms with Gasteiger partial charge in [-0.05, 0) is 47.5 Å². The van der Waals surface area contributed by atoms with Crippen molar-refractivity contribution in [3.05, 3.63) is 34.2 Å². The molecule has 0 saturated heterocycles. The topological polar surface area (TPSA) is 38.9 Å². The van der Waals surface area contributed by atoms with Crippen LogP contribution in [0.2, 0.25) is 0 Å². The Labute approximate surface area is 113 Å². The van der Waals surface area contributed by atoms with Crippen LogP contribution in [-0.2, 0) is 5.41 Å². The van der Waals surface area contributed by atoms with Crippen LogP contribution in [0.3, 0.4) is 0 Å². The summed E-state index contributed by atoms with van der Waals surface area (Å²) in [5, 5.41) is 1.89. The van der Waals surface area contributed by atoms with E-state index in [1.165, 1.54) is 33.8 Å². The summed E-state index contributed by atoms with van der Waals surface area (Å²) >= 11 is 1.41. The van der Waals surface area contributed by atoms with Crippen molar-refractivity contribution < 1.29 is 0 Å². The monoisotopic (exact) mass is 260 g/mol. The summed E-state index contributed by atoms with van der Waals surface area (Å²) in [6.07, 6.45) is 0. The number of nitrogens with zero attached hydrogens (tertiary/aromatic N) is 1. The smallest absolute Gasteiger partial charge is 0.107 e. The Morgan fingerprint density at radius 3 is 2.06 bits per heavy atom. The van der Waals surface area contributed by atoms with Crippen LogP contribution in [0.4, 0.5) is 5.69 Å². The Morgan fingerprint density at radius 1 is 1.11 bits per heavy atom. The minimum Gasteiger partial charge on any atom is -0.396 e. The Morgan fingerprint density at radius 2 is 1.67 bits per heavy atom.